The van der Waals surface area contributed by atoms with E-state index in [1.807, 2.05) is 20.9 Å². The second kappa shape index (κ2) is 8.92. The van der Waals surface area contributed by atoms with Crippen molar-refractivity contribution in [1.82, 2.24) is 24.6 Å². The first-order chi connectivity index (χ1) is 14.5. The van der Waals surface area contributed by atoms with Crippen LogP contribution in [-0.2, 0) is 22.9 Å². The first-order valence-electron chi connectivity index (χ1n) is 10.3. The number of halogens is 1. The molecule has 168 valence electrons. The molecule has 0 amide bonds. The molecule has 2 heterocycles. The lowest BCUT2D eigenvalue weighted by Gasteiger charge is -2.26. The number of nitrogens with one attached hydrogen (secondary N) is 1. The molecule has 3 aromatic rings. The highest BCUT2D eigenvalue weighted by molar-refractivity contribution is 7.91. The molecule has 1 N–H and O–H groups in total. The van der Waals surface area contributed by atoms with Gasteiger partial charge in [-0.1, -0.05) is 18.2 Å². The molecule has 0 aliphatic carbocycles. The lowest BCUT2D eigenvalue weighted by Crippen LogP contribution is -2.26. The van der Waals surface area contributed by atoms with Crippen molar-refractivity contribution in [2.45, 2.75) is 64.2 Å². The highest BCUT2D eigenvalue weighted by atomic mass is 32.2. The minimum atomic E-state index is -3.64. The van der Waals surface area contributed by atoms with Crippen molar-refractivity contribution < 1.29 is 12.8 Å². The van der Waals surface area contributed by atoms with Crippen molar-refractivity contribution in [1.29, 1.82) is 0 Å². The molecule has 0 spiro atoms. The van der Waals surface area contributed by atoms with Crippen molar-refractivity contribution in [3.63, 3.8) is 0 Å². The average Bonchev–Trinajstić information content (AvgIpc) is 3.26. The minimum absolute atomic E-state index is 0.0301. The Hall–Kier alpha value is -2.52. The van der Waals surface area contributed by atoms with E-state index in [9.17, 15) is 12.8 Å². The summed E-state index contributed by atoms with van der Waals surface area (Å²) in [4.78, 5) is 6.36. The van der Waals surface area contributed by atoms with Crippen LogP contribution in [0.2, 0.25) is 0 Å². The Morgan fingerprint density at radius 1 is 1.19 bits per heavy atom. The smallest absolute Gasteiger partial charge is 0.228 e. The third-order valence-corrected chi connectivity index (χ3v) is 7.81. The van der Waals surface area contributed by atoms with Gasteiger partial charge in [0, 0.05) is 29.4 Å². The number of aryl methyl sites for hydroxylation is 2. The van der Waals surface area contributed by atoms with Gasteiger partial charge in [-0.3, -0.25) is 10.00 Å². The number of imidazole rings is 1. The number of aromatic amines is 1. The number of rotatable bonds is 8. The largest absolute Gasteiger partial charge is 0.313 e. The van der Waals surface area contributed by atoms with Crippen LogP contribution in [0.25, 0.3) is 0 Å². The number of hydrogen-bond acceptors (Lipinski definition) is 5. The van der Waals surface area contributed by atoms with Crippen LogP contribution in [0.3, 0.4) is 0 Å². The molecule has 1 aromatic carbocycles. The second-order valence-electron chi connectivity index (χ2n) is 8.24. The maximum atomic E-state index is 14.4. The summed E-state index contributed by atoms with van der Waals surface area (Å²) >= 11 is 0. The quantitative estimate of drug-likeness (QED) is 0.568. The van der Waals surface area contributed by atoms with Crippen molar-refractivity contribution in [2.75, 3.05) is 7.05 Å². The van der Waals surface area contributed by atoms with E-state index in [2.05, 4.69) is 27.0 Å². The molecule has 1 atom stereocenters. The maximum absolute atomic E-state index is 14.4. The van der Waals surface area contributed by atoms with Gasteiger partial charge in [-0.15, -0.1) is 0 Å². The Morgan fingerprint density at radius 3 is 2.45 bits per heavy atom. The Morgan fingerprint density at radius 2 is 1.87 bits per heavy atom. The Labute approximate surface area is 183 Å². The van der Waals surface area contributed by atoms with Gasteiger partial charge in [0.15, 0.2) is 0 Å². The van der Waals surface area contributed by atoms with Crippen molar-refractivity contribution >= 4 is 9.84 Å². The predicted octanol–water partition coefficient (Wildman–Crippen LogP) is 3.79. The maximum Gasteiger partial charge on any atom is 0.228 e. The van der Waals surface area contributed by atoms with Gasteiger partial charge in [0.1, 0.15) is 5.82 Å². The fourth-order valence-electron chi connectivity index (χ4n) is 3.71. The number of aromatic nitrogens is 4. The first kappa shape index (κ1) is 23.1. The van der Waals surface area contributed by atoms with E-state index in [-0.39, 0.29) is 23.6 Å². The highest BCUT2D eigenvalue weighted by Crippen LogP contribution is 2.27. The molecule has 0 saturated heterocycles. The fourth-order valence-corrected chi connectivity index (χ4v) is 4.82. The van der Waals surface area contributed by atoms with Gasteiger partial charge in [-0.25, -0.2) is 17.8 Å². The molecule has 0 unspecified atom stereocenters. The van der Waals surface area contributed by atoms with Crippen LogP contribution in [0.4, 0.5) is 4.39 Å². The van der Waals surface area contributed by atoms with Crippen LogP contribution in [0, 0.1) is 19.7 Å². The average molecular weight is 448 g/mol. The lowest BCUT2D eigenvalue weighted by molar-refractivity contribution is 0.245. The van der Waals surface area contributed by atoms with E-state index in [0.29, 0.717) is 17.8 Å². The molecule has 0 aliphatic heterocycles. The zero-order chi connectivity index (χ0) is 22.9. The number of H-pyrrole nitrogens is 1. The van der Waals surface area contributed by atoms with E-state index < -0.39 is 15.1 Å². The van der Waals surface area contributed by atoms with Crippen molar-refractivity contribution in [2.24, 2.45) is 0 Å². The summed E-state index contributed by atoms with van der Waals surface area (Å²) in [5, 5.41) is 6.62. The van der Waals surface area contributed by atoms with Crippen molar-refractivity contribution in [3.8, 4) is 0 Å². The molecule has 7 nitrogen and oxygen atoms in total. The molecular formula is C22H30FN5O2S. The van der Waals surface area contributed by atoms with Crippen molar-refractivity contribution in [3.05, 3.63) is 64.5 Å². The second-order valence-corrected chi connectivity index (χ2v) is 10.6. The summed E-state index contributed by atoms with van der Waals surface area (Å²) in [6.07, 6.45) is 1.58. The van der Waals surface area contributed by atoms with Crippen LogP contribution in [0.15, 0.2) is 35.6 Å². The summed E-state index contributed by atoms with van der Waals surface area (Å²) in [5.41, 5.74) is 4.16. The monoisotopic (exact) mass is 447 g/mol. The third kappa shape index (κ3) is 4.57. The van der Waals surface area contributed by atoms with Crippen LogP contribution >= 0.6 is 0 Å². The van der Waals surface area contributed by atoms with Gasteiger partial charge in [-0.2, -0.15) is 5.10 Å². The van der Waals surface area contributed by atoms with E-state index in [1.54, 1.807) is 42.8 Å². The van der Waals surface area contributed by atoms with E-state index in [0.717, 1.165) is 17.0 Å². The topological polar surface area (TPSA) is 83.9 Å². The summed E-state index contributed by atoms with van der Waals surface area (Å²) in [5.74, 6) is -0.374. The molecule has 9 heteroatoms. The summed E-state index contributed by atoms with van der Waals surface area (Å²) < 4.78 is 41.8. The van der Waals surface area contributed by atoms with Crippen LogP contribution < -0.4 is 0 Å². The molecule has 3 rings (SSSR count). The van der Waals surface area contributed by atoms with Gasteiger partial charge in [0.05, 0.1) is 29.4 Å². The Bertz CT molecular complexity index is 1150. The van der Waals surface area contributed by atoms with Gasteiger partial charge in [0.25, 0.3) is 0 Å². The molecule has 0 radical (unpaired) electrons. The molecule has 0 fully saturated rings. The Kier molecular flexibility index (Phi) is 6.66. The highest BCUT2D eigenvalue weighted by Gasteiger charge is 2.28. The van der Waals surface area contributed by atoms with Crippen LogP contribution in [0.1, 0.15) is 55.0 Å². The van der Waals surface area contributed by atoms with Gasteiger partial charge < -0.3 is 4.57 Å². The molecular weight excluding hydrogens is 417 g/mol. The number of benzene rings is 1. The zero-order valence-corrected chi connectivity index (χ0v) is 19.7. The first-order valence-corrected chi connectivity index (χ1v) is 11.8. The van der Waals surface area contributed by atoms with E-state index in [1.165, 1.54) is 6.07 Å². The zero-order valence-electron chi connectivity index (χ0n) is 18.8. The molecule has 0 saturated carbocycles. The third-order valence-electron chi connectivity index (χ3n) is 5.74. The molecule has 2 aromatic heterocycles. The number of nitrogens with zero attached hydrogens (tertiary/aromatic N) is 4. The Balaban J connectivity index is 2.00. The molecule has 0 aliphatic rings. The normalized spacial score (nSPS) is 13.3. The minimum Gasteiger partial charge on any atom is -0.313 e. The SMILES string of the molecule is Cc1n[nH]c(C)c1[C@H](C)N(C)Cc1cnc(S(=O)(=O)C(C)C)n1Cc1ccccc1F. The lowest BCUT2D eigenvalue weighted by atomic mass is 10.1. The van der Waals surface area contributed by atoms with E-state index >= 15 is 0 Å². The molecule has 31 heavy (non-hydrogen) atoms. The number of sulfone groups is 1. The summed E-state index contributed by atoms with van der Waals surface area (Å²) in [6.45, 7) is 9.80. The van der Waals surface area contributed by atoms with Crippen LogP contribution in [-0.4, -0.2) is 45.4 Å². The van der Waals surface area contributed by atoms with E-state index in [4.69, 9.17) is 0 Å². The summed E-state index contributed by atoms with van der Waals surface area (Å²) in [7, 11) is -1.67. The van der Waals surface area contributed by atoms with Crippen LogP contribution in [0.5, 0.6) is 0 Å². The predicted molar refractivity (Wildman–Crippen MR) is 118 cm³/mol. The fraction of sp³-hybridized carbons (Fsp3) is 0.455. The van der Waals surface area contributed by atoms with Gasteiger partial charge in [-0.05, 0) is 47.7 Å². The van der Waals surface area contributed by atoms with Gasteiger partial charge in [0.2, 0.25) is 15.0 Å². The molecule has 0 bridgehead atoms. The summed E-state index contributed by atoms with van der Waals surface area (Å²) in [6, 6.07) is 6.44. The number of hydrogen-bond donors (Lipinski definition) is 1. The standard InChI is InChI=1S/C22H30FN5O2S/c1-14(2)31(29,30)22-24-11-19(28(22)12-18-9-7-8-10-20(18)23)13-27(6)17(5)21-15(3)25-26-16(21)4/h7-11,14,17H,12-13H2,1-6H3,(H,25,26)/t17-/m0/s1. The van der Waals surface area contributed by atoms with Gasteiger partial charge >= 0.3 is 0 Å².